The highest BCUT2D eigenvalue weighted by molar-refractivity contribution is 5.88. The second-order valence-electron chi connectivity index (χ2n) is 5.71. The number of benzene rings is 1. The lowest BCUT2D eigenvalue weighted by Gasteiger charge is -2.43. The second kappa shape index (κ2) is 5.60. The van der Waals surface area contributed by atoms with Crippen LogP contribution in [0.15, 0.2) is 36.5 Å². The van der Waals surface area contributed by atoms with Gasteiger partial charge in [-0.3, -0.25) is 19.4 Å². The highest BCUT2D eigenvalue weighted by Gasteiger charge is 2.37. The third-order valence-electron chi connectivity index (χ3n) is 4.24. The lowest BCUT2D eigenvalue weighted by molar-refractivity contribution is -0.175. The fourth-order valence-corrected chi connectivity index (χ4v) is 3.06. The number of fused-ring (bicyclic) bond motifs is 2. The quantitative estimate of drug-likeness (QED) is 0.861. The van der Waals surface area contributed by atoms with Crippen LogP contribution in [0.5, 0.6) is 0 Å². The molecule has 1 aromatic heterocycles. The van der Waals surface area contributed by atoms with E-state index in [1.165, 1.54) is 4.90 Å². The van der Waals surface area contributed by atoms with E-state index in [0.29, 0.717) is 13.1 Å². The molecule has 1 unspecified atom stereocenters. The van der Waals surface area contributed by atoms with Crippen LogP contribution in [0.4, 0.5) is 0 Å². The van der Waals surface area contributed by atoms with Crippen molar-refractivity contribution in [2.24, 2.45) is 0 Å². The zero-order valence-corrected chi connectivity index (χ0v) is 12.4. The van der Waals surface area contributed by atoms with Gasteiger partial charge >= 0.3 is 0 Å². The first kappa shape index (κ1) is 14.1. The molecule has 118 valence electrons. The molecule has 0 saturated carbocycles. The predicted octanol–water partition coefficient (Wildman–Crippen LogP) is 0.267. The van der Waals surface area contributed by atoms with Crippen molar-refractivity contribution in [1.29, 1.82) is 0 Å². The third kappa shape index (κ3) is 2.54. The summed E-state index contributed by atoms with van der Waals surface area (Å²) in [7, 11) is 0. The number of nitrogens with zero attached hydrogens (tertiary/aromatic N) is 3. The lowest BCUT2D eigenvalue weighted by Crippen LogP contribution is -2.66. The zero-order chi connectivity index (χ0) is 15.8. The largest absolute Gasteiger partial charge is 0.333 e. The molecular weight excluding hydrogens is 296 g/mol. The monoisotopic (exact) mass is 312 g/mol. The van der Waals surface area contributed by atoms with E-state index in [2.05, 4.69) is 10.5 Å². The average molecular weight is 312 g/mol. The Morgan fingerprint density at radius 2 is 2.09 bits per heavy atom. The number of nitrogens with one attached hydrogen (secondary N) is 1. The predicted molar refractivity (Wildman–Crippen MR) is 81.7 cm³/mol. The number of hydrogen-bond donors (Lipinski definition) is 1. The van der Waals surface area contributed by atoms with Gasteiger partial charge in [-0.25, -0.2) is 0 Å². The van der Waals surface area contributed by atoms with Crippen LogP contribution in [0.1, 0.15) is 5.56 Å². The minimum Gasteiger partial charge on any atom is -0.333 e. The van der Waals surface area contributed by atoms with Crippen LogP contribution in [0, 0.1) is 0 Å². The van der Waals surface area contributed by atoms with E-state index in [1.807, 2.05) is 30.3 Å². The summed E-state index contributed by atoms with van der Waals surface area (Å²) < 4.78 is 0. The highest BCUT2D eigenvalue weighted by atomic mass is 16.7. The molecule has 2 saturated heterocycles. The Hall–Kier alpha value is -2.51. The second-order valence-corrected chi connectivity index (χ2v) is 5.71. The minimum absolute atomic E-state index is 0.0307. The normalized spacial score (nSPS) is 21.7. The highest BCUT2D eigenvalue weighted by Crippen LogP contribution is 2.20. The molecule has 1 N–H and O–H groups in total. The summed E-state index contributed by atoms with van der Waals surface area (Å²) in [6.45, 7) is 0.913. The first-order valence-corrected chi connectivity index (χ1v) is 7.49. The van der Waals surface area contributed by atoms with Crippen LogP contribution in [0.3, 0.4) is 0 Å². The SMILES string of the molecule is O=C1CN2C(=O)CONC2CN1Cc1cccc2cccnc12. The standard InChI is InChI=1S/C16H16N4O3/c21-14-9-20-13(18-23-10-15(20)22)8-19(14)7-12-4-1-3-11-5-2-6-17-16(11)12/h1-6,13,18H,7-10H2. The van der Waals surface area contributed by atoms with E-state index < -0.39 is 0 Å². The van der Waals surface area contributed by atoms with E-state index in [1.54, 1.807) is 11.1 Å². The van der Waals surface area contributed by atoms with Crippen LogP contribution in [0.25, 0.3) is 10.9 Å². The smallest absolute Gasteiger partial charge is 0.252 e. The van der Waals surface area contributed by atoms with Crippen LogP contribution in [-0.4, -0.2) is 52.5 Å². The van der Waals surface area contributed by atoms with Crippen molar-refractivity contribution in [2.45, 2.75) is 12.7 Å². The molecule has 2 aromatic rings. The number of hydrogen-bond acceptors (Lipinski definition) is 5. The Kier molecular flexibility index (Phi) is 3.44. The molecule has 0 bridgehead atoms. The van der Waals surface area contributed by atoms with Gasteiger partial charge < -0.3 is 9.80 Å². The van der Waals surface area contributed by atoms with Crippen LogP contribution < -0.4 is 5.48 Å². The van der Waals surface area contributed by atoms with Gasteiger partial charge in [0.1, 0.15) is 19.3 Å². The molecule has 2 aliphatic rings. The summed E-state index contributed by atoms with van der Waals surface area (Å²) in [5, 5.41) is 1.05. The number of para-hydroxylation sites is 1. The van der Waals surface area contributed by atoms with Gasteiger partial charge in [-0.2, -0.15) is 5.48 Å². The summed E-state index contributed by atoms with van der Waals surface area (Å²) in [6.07, 6.45) is 1.46. The Morgan fingerprint density at radius 3 is 3.00 bits per heavy atom. The van der Waals surface area contributed by atoms with Crippen molar-refractivity contribution in [3.05, 3.63) is 42.1 Å². The van der Waals surface area contributed by atoms with Crippen molar-refractivity contribution < 1.29 is 14.4 Å². The molecule has 0 radical (unpaired) electrons. The topological polar surface area (TPSA) is 74.8 Å². The number of amides is 2. The fraction of sp³-hybridized carbons (Fsp3) is 0.312. The minimum atomic E-state index is -0.295. The summed E-state index contributed by atoms with van der Waals surface area (Å²) >= 11 is 0. The number of rotatable bonds is 2. The van der Waals surface area contributed by atoms with Crippen molar-refractivity contribution >= 4 is 22.7 Å². The Bertz CT molecular complexity index is 774. The number of carbonyl (C=O) groups excluding carboxylic acids is 2. The lowest BCUT2D eigenvalue weighted by atomic mass is 10.1. The van der Waals surface area contributed by atoms with Crippen molar-refractivity contribution in [3.8, 4) is 0 Å². The van der Waals surface area contributed by atoms with Gasteiger partial charge in [0.25, 0.3) is 5.91 Å². The van der Waals surface area contributed by atoms with E-state index in [0.717, 1.165) is 16.5 Å². The van der Waals surface area contributed by atoms with Crippen LogP contribution in [0.2, 0.25) is 0 Å². The molecule has 1 aromatic carbocycles. The van der Waals surface area contributed by atoms with E-state index in [4.69, 9.17) is 4.84 Å². The Morgan fingerprint density at radius 1 is 1.22 bits per heavy atom. The molecule has 0 spiro atoms. The van der Waals surface area contributed by atoms with Gasteiger partial charge in [0, 0.05) is 18.1 Å². The van der Waals surface area contributed by atoms with Crippen LogP contribution in [-0.2, 0) is 21.0 Å². The molecule has 0 aliphatic carbocycles. The molecule has 1 atom stereocenters. The molecule has 3 heterocycles. The van der Waals surface area contributed by atoms with Gasteiger partial charge in [0.05, 0.1) is 12.1 Å². The van der Waals surface area contributed by atoms with Crippen molar-refractivity contribution in [2.75, 3.05) is 19.7 Å². The summed E-state index contributed by atoms with van der Waals surface area (Å²) in [5.74, 6) is -0.222. The van der Waals surface area contributed by atoms with Gasteiger partial charge in [-0.15, -0.1) is 0 Å². The Labute approximate surface area is 132 Å². The van der Waals surface area contributed by atoms with E-state index in [-0.39, 0.29) is 31.1 Å². The molecular formula is C16H16N4O3. The molecule has 7 nitrogen and oxygen atoms in total. The fourth-order valence-electron chi connectivity index (χ4n) is 3.06. The first-order chi connectivity index (χ1) is 11.2. The molecule has 4 rings (SSSR count). The Balaban J connectivity index is 1.59. The zero-order valence-electron chi connectivity index (χ0n) is 12.4. The van der Waals surface area contributed by atoms with Gasteiger partial charge in [0.2, 0.25) is 5.91 Å². The van der Waals surface area contributed by atoms with Crippen molar-refractivity contribution in [3.63, 3.8) is 0 Å². The number of hydroxylamine groups is 1. The van der Waals surface area contributed by atoms with Gasteiger partial charge in [-0.05, 0) is 11.6 Å². The number of piperazine rings is 1. The molecule has 2 fully saturated rings. The van der Waals surface area contributed by atoms with E-state index >= 15 is 0 Å². The van der Waals surface area contributed by atoms with E-state index in [9.17, 15) is 9.59 Å². The number of aromatic nitrogens is 1. The molecule has 2 amide bonds. The maximum absolute atomic E-state index is 12.4. The molecule has 23 heavy (non-hydrogen) atoms. The van der Waals surface area contributed by atoms with Gasteiger partial charge in [0.15, 0.2) is 0 Å². The maximum Gasteiger partial charge on any atom is 0.252 e. The van der Waals surface area contributed by atoms with Crippen molar-refractivity contribution in [1.82, 2.24) is 20.3 Å². The summed E-state index contributed by atoms with van der Waals surface area (Å²) in [6, 6.07) is 9.84. The van der Waals surface area contributed by atoms with Crippen LogP contribution >= 0.6 is 0 Å². The average Bonchev–Trinajstić information content (AvgIpc) is 2.57. The summed E-state index contributed by atoms with van der Waals surface area (Å²) in [5.41, 5.74) is 4.71. The summed E-state index contributed by atoms with van der Waals surface area (Å²) in [4.78, 5) is 36.9. The van der Waals surface area contributed by atoms with Gasteiger partial charge in [-0.1, -0.05) is 24.3 Å². The third-order valence-corrected chi connectivity index (χ3v) is 4.24. The number of carbonyl (C=O) groups is 2. The molecule has 7 heteroatoms. The molecule has 2 aliphatic heterocycles. The first-order valence-electron chi connectivity index (χ1n) is 7.49. The maximum atomic E-state index is 12.4. The number of pyridine rings is 1.